The van der Waals surface area contributed by atoms with Crippen LogP contribution < -0.4 is 0 Å². The molecule has 1 unspecified atom stereocenters. The lowest BCUT2D eigenvalue weighted by Crippen LogP contribution is -1.94. The van der Waals surface area contributed by atoms with Gasteiger partial charge in [0.25, 0.3) is 0 Å². The number of hydrogen-bond donors (Lipinski definition) is 0. The first-order valence-electron chi connectivity index (χ1n) is 4.91. The van der Waals surface area contributed by atoms with Gasteiger partial charge in [-0.3, -0.25) is 0 Å². The van der Waals surface area contributed by atoms with Crippen LogP contribution in [-0.2, 0) is 0 Å². The Morgan fingerprint density at radius 1 is 1.42 bits per heavy atom. The van der Waals surface area contributed by atoms with Crippen molar-refractivity contribution in [1.82, 2.24) is 0 Å². The molecule has 0 N–H and O–H groups in total. The van der Waals surface area contributed by atoms with Gasteiger partial charge in [-0.05, 0) is 25.0 Å². The van der Waals surface area contributed by atoms with Gasteiger partial charge in [-0.1, -0.05) is 26.7 Å². The van der Waals surface area contributed by atoms with Crippen LogP contribution in [0.15, 0.2) is 22.8 Å². The molecule has 0 spiro atoms. The second-order valence-electron chi connectivity index (χ2n) is 3.26. The van der Waals surface area contributed by atoms with E-state index in [2.05, 4.69) is 19.9 Å². The van der Waals surface area contributed by atoms with Gasteiger partial charge in [-0.2, -0.15) is 0 Å². The molecule has 0 radical (unpaired) electrons. The molecule has 12 heavy (non-hydrogen) atoms. The fraction of sp³-hybridized carbons (Fsp3) is 0.636. The van der Waals surface area contributed by atoms with Crippen molar-refractivity contribution in [3.8, 4) is 0 Å². The molecule has 1 nitrogen and oxygen atoms in total. The number of unbranched alkanes of at least 4 members (excludes halogenated alkanes) is 1. The van der Waals surface area contributed by atoms with Gasteiger partial charge in [0.15, 0.2) is 0 Å². The molecule has 0 aliphatic carbocycles. The fourth-order valence-electron chi connectivity index (χ4n) is 1.52. The molecular weight excluding hydrogens is 148 g/mol. The van der Waals surface area contributed by atoms with Crippen molar-refractivity contribution >= 4 is 0 Å². The molecule has 1 rings (SSSR count). The molecule has 1 aromatic rings. The summed E-state index contributed by atoms with van der Waals surface area (Å²) in [6, 6.07) is 4.06. The number of furan rings is 1. The van der Waals surface area contributed by atoms with Gasteiger partial charge in [-0.25, -0.2) is 0 Å². The van der Waals surface area contributed by atoms with Crippen molar-refractivity contribution < 1.29 is 4.42 Å². The third-order valence-corrected chi connectivity index (χ3v) is 2.34. The molecule has 1 aromatic heterocycles. The SMILES string of the molecule is CCCCC(CC)c1ccco1. The van der Waals surface area contributed by atoms with Crippen molar-refractivity contribution in [3.63, 3.8) is 0 Å². The molecule has 0 amide bonds. The Morgan fingerprint density at radius 3 is 2.75 bits per heavy atom. The van der Waals surface area contributed by atoms with Crippen LogP contribution in [-0.4, -0.2) is 0 Å². The van der Waals surface area contributed by atoms with E-state index in [-0.39, 0.29) is 0 Å². The van der Waals surface area contributed by atoms with Gasteiger partial charge < -0.3 is 4.42 Å². The Morgan fingerprint density at radius 2 is 2.25 bits per heavy atom. The summed E-state index contributed by atoms with van der Waals surface area (Å²) in [7, 11) is 0. The maximum atomic E-state index is 5.38. The Labute approximate surface area is 74.8 Å². The lowest BCUT2D eigenvalue weighted by Gasteiger charge is -2.10. The molecule has 0 aliphatic heterocycles. The maximum Gasteiger partial charge on any atom is 0.106 e. The van der Waals surface area contributed by atoms with Gasteiger partial charge in [0.05, 0.1) is 6.26 Å². The number of rotatable bonds is 5. The lowest BCUT2D eigenvalue weighted by molar-refractivity contribution is 0.431. The van der Waals surface area contributed by atoms with Crippen LogP contribution in [0, 0.1) is 0 Å². The summed E-state index contributed by atoms with van der Waals surface area (Å²) in [6.45, 7) is 4.46. The highest BCUT2D eigenvalue weighted by atomic mass is 16.3. The Hall–Kier alpha value is -0.720. The highest BCUT2D eigenvalue weighted by Crippen LogP contribution is 2.25. The first-order chi connectivity index (χ1) is 5.88. The second-order valence-corrected chi connectivity index (χ2v) is 3.26. The van der Waals surface area contributed by atoms with Crippen molar-refractivity contribution in [3.05, 3.63) is 24.2 Å². The van der Waals surface area contributed by atoms with E-state index >= 15 is 0 Å². The monoisotopic (exact) mass is 166 g/mol. The highest BCUT2D eigenvalue weighted by Gasteiger charge is 2.10. The van der Waals surface area contributed by atoms with E-state index in [0.29, 0.717) is 5.92 Å². The Balaban J connectivity index is 2.45. The first-order valence-corrected chi connectivity index (χ1v) is 4.91. The van der Waals surface area contributed by atoms with Crippen LogP contribution >= 0.6 is 0 Å². The molecule has 0 fully saturated rings. The zero-order valence-electron chi connectivity index (χ0n) is 8.05. The van der Waals surface area contributed by atoms with Gasteiger partial charge in [0.1, 0.15) is 5.76 Å². The third kappa shape index (κ3) is 2.40. The van der Waals surface area contributed by atoms with E-state index in [4.69, 9.17) is 4.42 Å². The molecule has 0 saturated heterocycles. The first kappa shape index (κ1) is 9.37. The third-order valence-electron chi connectivity index (χ3n) is 2.34. The second kappa shape index (κ2) is 5.02. The van der Waals surface area contributed by atoms with Gasteiger partial charge in [0.2, 0.25) is 0 Å². The molecule has 0 aromatic carbocycles. The molecular formula is C11H18O. The van der Waals surface area contributed by atoms with E-state index < -0.39 is 0 Å². The van der Waals surface area contributed by atoms with Crippen LogP contribution in [0.2, 0.25) is 0 Å². The Kier molecular flexibility index (Phi) is 3.92. The van der Waals surface area contributed by atoms with Crippen molar-refractivity contribution in [1.29, 1.82) is 0 Å². The minimum Gasteiger partial charge on any atom is -0.469 e. The smallest absolute Gasteiger partial charge is 0.106 e. The van der Waals surface area contributed by atoms with Crippen LogP contribution in [0.4, 0.5) is 0 Å². The summed E-state index contributed by atoms with van der Waals surface area (Å²) in [5.74, 6) is 1.80. The molecule has 0 saturated carbocycles. The van der Waals surface area contributed by atoms with Gasteiger partial charge >= 0.3 is 0 Å². The van der Waals surface area contributed by atoms with Crippen LogP contribution in [0.3, 0.4) is 0 Å². The average Bonchev–Trinajstić information content (AvgIpc) is 2.59. The Bertz CT molecular complexity index is 189. The van der Waals surface area contributed by atoms with E-state index in [9.17, 15) is 0 Å². The van der Waals surface area contributed by atoms with E-state index in [1.807, 2.05) is 6.07 Å². The molecule has 0 bridgehead atoms. The average molecular weight is 166 g/mol. The van der Waals surface area contributed by atoms with E-state index in [1.54, 1.807) is 6.26 Å². The molecule has 1 atom stereocenters. The van der Waals surface area contributed by atoms with Crippen molar-refractivity contribution in [2.24, 2.45) is 0 Å². The van der Waals surface area contributed by atoms with E-state index in [1.165, 1.54) is 25.7 Å². The minimum atomic E-state index is 0.639. The summed E-state index contributed by atoms with van der Waals surface area (Å²) in [5.41, 5.74) is 0. The quantitative estimate of drug-likeness (QED) is 0.645. The minimum absolute atomic E-state index is 0.639. The standard InChI is InChI=1S/C11H18O/c1-3-5-7-10(4-2)11-8-6-9-12-11/h6,8-10H,3-5,7H2,1-2H3. The van der Waals surface area contributed by atoms with E-state index in [0.717, 1.165) is 5.76 Å². The summed E-state index contributed by atoms with van der Waals surface area (Å²) < 4.78 is 5.38. The summed E-state index contributed by atoms with van der Waals surface area (Å²) in [4.78, 5) is 0. The van der Waals surface area contributed by atoms with Gasteiger partial charge in [-0.15, -0.1) is 0 Å². The molecule has 1 heterocycles. The topological polar surface area (TPSA) is 13.1 Å². The zero-order valence-corrected chi connectivity index (χ0v) is 8.05. The zero-order chi connectivity index (χ0) is 8.81. The molecule has 0 aliphatic rings. The van der Waals surface area contributed by atoms with Crippen molar-refractivity contribution in [2.75, 3.05) is 0 Å². The van der Waals surface area contributed by atoms with Gasteiger partial charge in [0, 0.05) is 5.92 Å². The molecule has 68 valence electrons. The van der Waals surface area contributed by atoms with Crippen LogP contribution in [0.1, 0.15) is 51.2 Å². The fourth-order valence-corrected chi connectivity index (χ4v) is 1.52. The normalized spacial score (nSPS) is 13.2. The highest BCUT2D eigenvalue weighted by molar-refractivity contribution is 5.04. The maximum absolute atomic E-state index is 5.38. The predicted octanol–water partition coefficient (Wildman–Crippen LogP) is 3.96. The summed E-state index contributed by atoms with van der Waals surface area (Å²) in [5, 5.41) is 0. The predicted molar refractivity (Wildman–Crippen MR) is 51.3 cm³/mol. The number of hydrogen-bond acceptors (Lipinski definition) is 1. The van der Waals surface area contributed by atoms with Crippen molar-refractivity contribution in [2.45, 2.75) is 45.4 Å². The van der Waals surface area contributed by atoms with Crippen LogP contribution in [0.5, 0.6) is 0 Å². The largest absolute Gasteiger partial charge is 0.469 e. The summed E-state index contributed by atoms with van der Waals surface area (Å²) >= 11 is 0. The molecule has 1 heteroatoms. The lowest BCUT2D eigenvalue weighted by atomic mass is 9.97. The summed E-state index contributed by atoms with van der Waals surface area (Å²) in [6.07, 6.45) is 6.80. The van der Waals surface area contributed by atoms with Crippen LogP contribution in [0.25, 0.3) is 0 Å².